The summed E-state index contributed by atoms with van der Waals surface area (Å²) in [5.41, 5.74) is 3.43. The maximum Gasteiger partial charge on any atom is 0.0449 e. The molecule has 1 heteroatoms. The molecule has 0 amide bonds. The number of aromatic nitrogens is 1. The molecule has 0 unspecified atom stereocenters. The van der Waals surface area contributed by atoms with Crippen molar-refractivity contribution in [2.45, 2.75) is 47.5 Å². The molecule has 0 atom stereocenters. The van der Waals surface area contributed by atoms with Crippen molar-refractivity contribution in [1.82, 2.24) is 4.98 Å². The Balaban J connectivity index is 0. The van der Waals surface area contributed by atoms with Gasteiger partial charge >= 0.3 is 0 Å². The highest BCUT2D eigenvalue weighted by atomic mass is 14.7. The van der Waals surface area contributed by atoms with Gasteiger partial charge in [-0.05, 0) is 23.6 Å². The molecule has 0 bridgehead atoms. The van der Waals surface area contributed by atoms with Gasteiger partial charge in [-0.2, -0.15) is 0 Å². The number of hydrogen-bond acceptors (Lipinski definition) is 0. The zero-order valence-corrected chi connectivity index (χ0v) is 11.7. The van der Waals surface area contributed by atoms with Gasteiger partial charge in [-0.25, -0.2) is 0 Å². The van der Waals surface area contributed by atoms with Gasteiger partial charge in [0.15, 0.2) is 0 Å². The molecule has 1 heterocycles. The number of hydrogen-bond donors (Lipinski definition) is 1. The fraction of sp³-hybridized carbons (Fsp3) is 0.467. The zero-order chi connectivity index (χ0) is 13.1. The van der Waals surface area contributed by atoms with E-state index in [1.165, 1.54) is 5.69 Å². The van der Waals surface area contributed by atoms with E-state index in [9.17, 15) is 0 Å². The fourth-order valence-electron chi connectivity index (χ4n) is 1.16. The quantitative estimate of drug-likeness (QED) is 0.696. The third-order valence-electron chi connectivity index (χ3n) is 1.95. The normalized spacial score (nSPS) is 8.44. The van der Waals surface area contributed by atoms with Crippen LogP contribution in [0, 0.1) is 0 Å². The summed E-state index contributed by atoms with van der Waals surface area (Å²) in [4.78, 5) is 3.29. The Kier molecular flexibility index (Phi) is 11.0. The van der Waals surface area contributed by atoms with Gasteiger partial charge in [-0.15, -0.1) is 0 Å². The smallest absolute Gasteiger partial charge is 0.0449 e. The second kappa shape index (κ2) is 10.3. The first-order valence-electron chi connectivity index (χ1n) is 6.16. The monoisotopic (exact) mass is 221 g/mol. The molecule has 0 fully saturated rings. The highest BCUT2D eigenvalue weighted by Crippen LogP contribution is 2.19. The molecule has 1 aromatic heterocycles. The molecule has 0 aromatic carbocycles. The second-order valence-electron chi connectivity index (χ2n) is 3.16. The van der Waals surface area contributed by atoms with Crippen LogP contribution in [-0.4, -0.2) is 4.98 Å². The number of rotatable bonds is 3. The molecule has 1 rings (SSSR count). The molecule has 0 saturated carbocycles. The summed E-state index contributed by atoms with van der Waals surface area (Å²) in [6, 6.07) is 2.12. The maximum atomic E-state index is 3.74. The van der Waals surface area contributed by atoms with Gasteiger partial charge in [0.2, 0.25) is 0 Å². The highest BCUT2D eigenvalue weighted by molar-refractivity contribution is 5.62. The van der Waals surface area contributed by atoms with Crippen LogP contribution in [0.25, 0.3) is 12.2 Å². The Morgan fingerprint density at radius 2 is 1.56 bits per heavy atom. The summed E-state index contributed by atoms with van der Waals surface area (Å²) in [6.07, 6.45) is 3.67. The van der Waals surface area contributed by atoms with E-state index in [4.69, 9.17) is 0 Å². The zero-order valence-electron chi connectivity index (χ0n) is 11.7. The lowest BCUT2D eigenvalue weighted by molar-refractivity contribution is 0.832. The summed E-state index contributed by atoms with van der Waals surface area (Å²) >= 11 is 0. The number of H-pyrrole nitrogens is 1. The Morgan fingerprint density at radius 1 is 1.06 bits per heavy atom. The Bertz CT molecular complexity index is 267. The first-order valence-corrected chi connectivity index (χ1v) is 6.16. The minimum absolute atomic E-state index is 0.525. The first kappa shape index (κ1) is 17.2. The van der Waals surface area contributed by atoms with Crippen LogP contribution in [-0.2, 0) is 0 Å². The Morgan fingerprint density at radius 3 is 1.81 bits per heavy atom. The minimum Gasteiger partial charge on any atom is -0.358 e. The number of nitrogens with one attached hydrogen (secondary N) is 1. The van der Waals surface area contributed by atoms with E-state index >= 15 is 0 Å². The lowest BCUT2D eigenvalue weighted by Gasteiger charge is -1.98. The molecule has 0 saturated heterocycles. The van der Waals surface area contributed by atoms with Gasteiger partial charge in [-0.3, -0.25) is 0 Å². The molecule has 0 spiro atoms. The van der Waals surface area contributed by atoms with Crippen molar-refractivity contribution in [3.8, 4) is 0 Å². The average Bonchev–Trinajstić information content (AvgIpc) is 2.77. The Hall–Kier alpha value is -1.24. The summed E-state index contributed by atoms with van der Waals surface area (Å²) in [5, 5.41) is 0. The minimum atomic E-state index is 0.525. The van der Waals surface area contributed by atoms with Crippen LogP contribution in [0.5, 0.6) is 0 Å². The van der Waals surface area contributed by atoms with Gasteiger partial charge < -0.3 is 4.98 Å². The molecule has 0 aliphatic heterocycles. The van der Waals surface area contributed by atoms with E-state index < -0.39 is 0 Å². The summed E-state index contributed by atoms with van der Waals surface area (Å²) in [5.74, 6) is 0.525. The second-order valence-corrected chi connectivity index (χ2v) is 3.16. The van der Waals surface area contributed by atoms with Gasteiger partial charge in [-0.1, -0.05) is 60.8 Å². The predicted octanol–water partition coefficient (Wildman–Crippen LogP) is 5.48. The molecule has 0 radical (unpaired) electrons. The molecule has 1 nitrogen and oxygen atoms in total. The van der Waals surface area contributed by atoms with Gasteiger partial charge in [0.05, 0.1) is 0 Å². The topological polar surface area (TPSA) is 15.8 Å². The van der Waals surface area contributed by atoms with Gasteiger partial charge in [0, 0.05) is 11.4 Å². The lowest BCUT2D eigenvalue weighted by atomic mass is 10.1. The molecule has 0 aliphatic rings. The first-order chi connectivity index (χ1) is 7.69. The van der Waals surface area contributed by atoms with E-state index in [-0.39, 0.29) is 0 Å². The van der Waals surface area contributed by atoms with Crippen molar-refractivity contribution in [2.24, 2.45) is 0 Å². The van der Waals surface area contributed by atoms with Crippen LogP contribution in [0.3, 0.4) is 0 Å². The lowest BCUT2D eigenvalue weighted by Crippen LogP contribution is -1.85. The van der Waals surface area contributed by atoms with E-state index in [1.54, 1.807) is 0 Å². The van der Waals surface area contributed by atoms with Crippen LogP contribution >= 0.6 is 0 Å². The van der Waals surface area contributed by atoms with Crippen molar-refractivity contribution >= 4 is 12.2 Å². The standard InChI is InChI=1S/C11H15N.2C2H6/c1-5-9-7-11(8(3)4)12-10(9)6-2;2*1-2/h5-8,12H,1-2H2,3-4H3;2*1-2H3. The SMILES string of the molecule is C=Cc1cc(C(C)C)[nH]c1C=C.CC.CC. The van der Waals surface area contributed by atoms with E-state index in [2.05, 4.69) is 38.1 Å². The van der Waals surface area contributed by atoms with Crippen LogP contribution in [0.1, 0.15) is 64.4 Å². The van der Waals surface area contributed by atoms with E-state index in [1.807, 2.05) is 39.8 Å². The van der Waals surface area contributed by atoms with Crippen LogP contribution in [0.15, 0.2) is 19.2 Å². The van der Waals surface area contributed by atoms with Crippen LogP contribution in [0.2, 0.25) is 0 Å². The van der Waals surface area contributed by atoms with Crippen molar-refractivity contribution in [2.75, 3.05) is 0 Å². The third kappa shape index (κ3) is 5.01. The number of aromatic amines is 1. The van der Waals surface area contributed by atoms with Crippen molar-refractivity contribution in [3.05, 3.63) is 36.2 Å². The molecular formula is C15H27N. The van der Waals surface area contributed by atoms with Crippen molar-refractivity contribution < 1.29 is 0 Å². The van der Waals surface area contributed by atoms with Crippen LogP contribution < -0.4 is 0 Å². The maximum absolute atomic E-state index is 3.74. The van der Waals surface area contributed by atoms with E-state index in [0.29, 0.717) is 5.92 Å². The molecular weight excluding hydrogens is 194 g/mol. The molecule has 1 aromatic rings. The van der Waals surface area contributed by atoms with Gasteiger partial charge in [0.1, 0.15) is 0 Å². The van der Waals surface area contributed by atoms with Crippen LogP contribution in [0.4, 0.5) is 0 Å². The largest absolute Gasteiger partial charge is 0.358 e. The average molecular weight is 221 g/mol. The van der Waals surface area contributed by atoms with Crippen molar-refractivity contribution in [3.63, 3.8) is 0 Å². The summed E-state index contributed by atoms with van der Waals surface area (Å²) < 4.78 is 0. The van der Waals surface area contributed by atoms with E-state index in [0.717, 1.165) is 11.3 Å². The molecule has 0 aliphatic carbocycles. The molecule has 16 heavy (non-hydrogen) atoms. The highest BCUT2D eigenvalue weighted by Gasteiger charge is 2.04. The fourth-order valence-corrected chi connectivity index (χ4v) is 1.16. The molecule has 92 valence electrons. The third-order valence-corrected chi connectivity index (χ3v) is 1.95. The molecule has 1 N–H and O–H groups in total. The predicted molar refractivity (Wildman–Crippen MR) is 77.8 cm³/mol. The summed E-state index contributed by atoms with van der Waals surface area (Å²) in [7, 11) is 0. The Labute approximate surface area is 101 Å². The van der Waals surface area contributed by atoms with Crippen molar-refractivity contribution in [1.29, 1.82) is 0 Å². The van der Waals surface area contributed by atoms with Gasteiger partial charge in [0.25, 0.3) is 0 Å². The summed E-state index contributed by atoms with van der Waals surface area (Å²) in [6.45, 7) is 19.8.